The van der Waals surface area contributed by atoms with Crippen LogP contribution in [0.5, 0.6) is 0 Å². The van der Waals surface area contributed by atoms with Crippen molar-refractivity contribution in [3.05, 3.63) is 22.6 Å². The van der Waals surface area contributed by atoms with E-state index in [2.05, 4.69) is 19.9 Å². The molecule has 1 saturated carbocycles. The van der Waals surface area contributed by atoms with Crippen molar-refractivity contribution in [2.24, 2.45) is 17.8 Å². The Morgan fingerprint density at radius 1 is 1.40 bits per heavy atom. The molecular weight excluding hydrogens is 276 g/mol. The molecule has 0 bridgehead atoms. The van der Waals surface area contributed by atoms with Crippen molar-refractivity contribution in [1.29, 1.82) is 0 Å². The van der Waals surface area contributed by atoms with E-state index < -0.39 is 15.7 Å². The van der Waals surface area contributed by atoms with Gasteiger partial charge >= 0.3 is 0 Å². The molecule has 1 fully saturated rings. The Hall–Kier alpha value is -0.650. The van der Waals surface area contributed by atoms with Crippen LogP contribution in [0.3, 0.4) is 0 Å². The number of rotatable bonds is 2. The smallest absolute Gasteiger partial charge is 0.287 e. The summed E-state index contributed by atoms with van der Waals surface area (Å²) in [5.41, 5.74) is 1.22. The van der Waals surface area contributed by atoms with Gasteiger partial charge in [-0.25, -0.2) is 0 Å². The standard InChI is InChI=1S/C15H24O4S/c1-10(2)11-4-5-12(9-20(17,18)19)13-6-7-15(3,16)14(13)8-11/h8-10,13-14,16H,4-7H2,1-3H3,(H,17,18,19)/b12-9+/t13-,14-,15-/m0/s1. The summed E-state index contributed by atoms with van der Waals surface area (Å²) in [4.78, 5) is 0. The van der Waals surface area contributed by atoms with Gasteiger partial charge in [0.15, 0.2) is 0 Å². The topological polar surface area (TPSA) is 74.6 Å². The first-order valence-corrected chi connectivity index (χ1v) is 8.71. The van der Waals surface area contributed by atoms with Crippen LogP contribution in [0.1, 0.15) is 46.5 Å². The quantitative estimate of drug-likeness (QED) is 0.607. The Bertz CT molecular complexity index is 540. The lowest BCUT2D eigenvalue weighted by Crippen LogP contribution is -2.30. The summed E-state index contributed by atoms with van der Waals surface area (Å²) in [6, 6.07) is 0. The van der Waals surface area contributed by atoms with Crippen LogP contribution in [0, 0.1) is 17.8 Å². The first-order valence-electron chi connectivity index (χ1n) is 7.21. The van der Waals surface area contributed by atoms with E-state index in [0.717, 1.165) is 23.8 Å². The third kappa shape index (κ3) is 3.32. The van der Waals surface area contributed by atoms with E-state index in [4.69, 9.17) is 4.55 Å². The second kappa shape index (κ2) is 5.28. The van der Waals surface area contributed by atoms with E-state index in [0.29, 0.717) is 18.8 Å². The lowest BCUT2D eigenvalue weighted by molar-refractivity contribution is 0.0330. The van der Waals surface area contributed by atoms with Gasteiger partial charge in [0.05, 0.1) is 11.0 Å². The summed E-state index contributed by atoms with van der Waals surface area (Å²) in [7, 11) is -4.12. The molecule has 0 aromatic heterocycles. The van der Waals surface area contributed by atoms with Gasteiger partial charge in [-0.3, -0.25) is 4.55 Å². The van der Waals surface area contributed by atoms with Crippen LogP contribution in [0.2, 0.25) is 0 Å². The molecule has 0 aromatic rings. The molecule has 0 heterocycles. The molecule has 2 aliphatic rings. The van der Waals surface area contributed by atoms with E-state index in [-0.39, 0.29) is 11.8 Å². The van der Waals surface area contributed by atoms with Crippen molar-refractivity contribution in [2.45, 2.75) is 52.1 Å². The number of fused-ring (bicyclic) bond motifs is 1. The SMILES string of the molecule is CC(C)C1=C[C@H]2[C@@H](CC[C@]2(C)O)/C(=C/S(=O)(=O)O)CC1. The van der Waals surface area contributed by atoms with Crippen LogP contribution in [-0.2, 0) is 10.1 Å². The van der Waals surface area contributed by atoms with Gasteiger partial charge in [0.25, 0.3) is 10.1 Å². The minimum Gasteiger partial charge on any atom is -0.390 e. The van der Waals surface area contributed by atoms with Crippen LogP contribution in [0.15, 0.2) is 22.6 Å². The summed E-state index contributed by atoms with van der Waals surface area (Å²) in [6.45, 7) is 6.05. The van der Waals surface area contributed by atoms with Crippen LogP contribution < -0.4 is 0 Å². The Labute approximate surface area is 121 Å². The van der Waals surface area contributed by atoms with Crippen LogP contribution in [0.4, 0.5) is 0 Å². The molecule has 0 radical (unpaired) electrons. The zero-order valence-electron chi connectivity index (χ0n) is 12.3. The highest BCUT2D eigenvalue weighted by atomic mass is 32.2. The van der Waals surface area contributed by atoms with Crippen molar-refractivity contribution in [3.8, 4) is 0 Å². The van der Waals surface area contributed by atoms with E-state index in [1.54, 1.807) is 0 Å². The molecular formula is C15H24O4S. The normalized spacial score (nSPS) is 36.9. The van der Waals surface area contributed by atoms with Crippen LogP contribution in [-0.4, -0.2) is 23.7 Å². The summed E-state index contributed by atoms with van der Waals surface area (Å²) >= 11 is 0. The maximum Gasteiger partial charge on any atom is 0.287 e. The second-order valence-electron chi connectivity index (χ2n) is 6.63. The Morgan fingerprint density at radius 3 is 2.60 bits per heavy atom. The van der Waals surface area contributed by atoms with Crippen molar-refractivity contribution < 1.29 is 18.1 Å². The lowest BCUT2D eigenvalue weighted by Gasteiger charge is -2.27. The minimum atomic E-state index is -4.12. The van der Waals surface area contributed by atoms with Gasteiger partial charge in [0, 0.05) is 5.92 Å². The molecule has 0 saturated heterocycles. The van der Waals surface area contributed by atoms with Gasteiger partial charge < -0.3 is 5.11 Å². The second-order valence-corrected chi connectivity index (χ2v) is 7.90. The average molecular weight is 300 g/mol. The van der Waals surface area contributed by atoms with Gasteiger partial charge in [-0.1, -0.05) is 31.1 Å². The van der Waals surface area contributed by atoms with Crippen molar-refractivity contribution >= 4 is 10.1 Å². The predicted octanol–water partition coefficient (Wildman–Crippen LogP) is 2.91. The summed E-state index contributed by atoms with van der Waals surface area (Å²) < 4.78 is 31.5. The number of hydrogen-bond acceptors (Lipinski definition) is 3. The zero-order valence-corrected chi connectivity index (χ0v) is 13.2. The van der Waals surface area contributed by atoms with E-state index in [1.165, 1.54) is 5.57 Å². The minimum absolute atomic E-state index is 0.0168. The molecule has 2 aliphatic carbocycles. The third-order valence-electron chi connectivity index (χ3n) is 4.73. The highest BCUT2D eigenvalue weighted by Crippen LogP contribution is 2.48. The molecule has 2 N–H and O–H groups in total. The molecule has 3 atom stereocenters. The van der Waals surface area contributed by atoms with Crippen LogP contribution in [0.25, 0.3) is 0 Å². The first kappa shape index (κ1) is 15.7. The van der Waals surface area contributed by atoms with Gasteiger partial charge in [0.1, 0.15) is 0 Å². The molecule has 0 aliphatic heterocycles. The summed E-state index contributed by atoms with van der Waals surface area (Å²) in [6.07, 6.45) is 5.00. The van der Waals surface area contributed by atoms with E-state index >= 15 is 0 Å². The van der Waals surface area contributed by atoms with Crippen LogP contribution >= 0.6 is 0 Å². The Balaban J connectivity index is 2.44. The average Bonchev–Trinajstić information content (AvgIpc) is 2.46. The third-order valence-corrected chi connectivity index (χ3v) is 5.33. The number of aliphatic hydroxyl groups is 1. The fourth-order valence-corrected chi connectivity index (χ4v) is 4.22. The van der Waals surface area contributed by atoms with Crippen molar-refractivity contribution in [2.75, 3.05) is 0 Å². The predicted molar refractivity (Wildman–Crippen MR) is 78.6 cm³/mol. The number of allylic oxidation sites excluding steroid dienone is 2. The molecule has 20 heavy (non-hydrogen) atoms. The highest BCUT2D eigenvalue weighted by Gasteiger charge is 2.45. The fourth-order valence-electron chi connectivity index (χ4n) is 3.55. The summed E-state index contributed by atoms with van der Waals surface area (Å²) in [5.74, 6) is 0.343. The van der Waals surface area contributed by atoms with E-state index in [9.17, 15) is 13.5 Å². The van der Waals surface area contributed by atoms with Gasteiger partial charge in [-0.15, -0.1) is 0 Å². The molecule has 2 rings (SSSR count). The van der Waals surface area contributed by atoms with Crippen molar-refractivity contribution in [3.63, 3.8) is 0 Å². The monoisotopic (exact) mass is 300 g/mol. The highest BCUT2D eigenvalue weighted by molar-refractivity contribution is 7.88. The fraction of sp³-hybridized carbons (Fsp3) is 0.733. The Morgan fingerprint density at radius 2 is 2.05 bits per heavy atom. The maximum absolute atomic E-state index is 11.2. The van der Waals surface area contributed by atoms with Gasteiger partial charge in [-0.2, -0.15) is 8.42 Å². The van der Waals surface area contributed by atoms with Crippen molar-refractivity contribution in [1.82, 2.24) is 0 Å². The Kier molecular flexibility index (Phi) is 4.15. The molecule has 0 spiro atoms. The molecule has 0 unspecified atom stereocenters. The lowest BCUT2D eigenvalue weighted by atomic mass is 9.83. The number of hydrogen-bond donors (Lipinski definition) is 2. The molecule has 0 aromatic carbocycles. The largest absolute Gasteiger partial charge is 0.390 e. The molecule has 5 heteroatoms. The zero-order chi connectivity index (χ0) is 15.1. The maximum atomic E-state index is 11.2. The summed E-state index contributed by atoms with van der Waals surface area (Å²) in [5, 5.41) is 11.5. The van der Waals surface area contributed by atoms with E-state index in [1.807, 2.05) is 6.92 Å². The first-order chi connectivity index (χ1) is 9.10. The van der Waals surface area contributed by atoms with Gasteiger partial charge in [0.2, 0.25) is 0 Å². The molecule has 4 nitrogen and oxygen atoms in total. The molecule has 114 valence electrons. The molecule has 0 amide bonds. The van der Waals surface area contributed by atoms with Gasteiger partial charge in [-0.05, 0) is 44.4 Å².